The Hall–Kier alpha value is -3.77. The first kappa shape index (κ1) is 22.4. The molecule has 33 heavy (non-hydrogen) atoms. The first-order valence-electron chi connectivity index (χ1n) is 10.5. The Morgan fingerprint density at radius 3 is 2.21 bits per heavy atom. The van der Waals surface area contributed by atoms with Crippen molar-refractivity contribution >= 4 is 35.0 Å². The van der Waals surface area contributed by atoms with Crippen LogP contribution in [0.25, 0.3) is 0 Å². The Balaban J connectivity index is 1.37. The second-order valence-corrected chi connectivity index (χ2v) is 7.95. The van der Waals surface area contributed by atoms with Gasteiger partial charge in [0.25, 0.3) is 5.91 Å². The molecule has 0 fully saturated rings. The number of rotatable bonds is 7. The highest BCUT2D eigenvalue weighted by atomic mass is 35.5. The summed E-state index contributed by atoms with van der Waals surface area (Å²) in [5.41, 5.74) is 1.74. The molecule has 0 saturated heterocycles. The van der Waals surface area contributed by atoms with Crippen molar-refractivity contribution in [2.24, 2.45) is 0 Å². The smallest absolute Gasteiger partial charge is 0.340 e. The molecule has 1 N–H and O–H groups in total. The van der Waals surface area contributed by atoms with Crippen LogP contribution in [-0.2, 0) is 16.0 Å². The summed E-state index contributed by atoms with van der Waals surface area (Å²) in [6.07, 6.45) is 1.57. The molecule has 7 heteroatoms. The standard InChI is InChI=1S/C26H20ClNO5/c27-23-20(13-12-19-22(23)25(31)18-11-5-4-10-17(18)24(19)30)26(32)33-15-21(29)28-14-6-9-16-7-2-1-3-8-16/h1-5,7-8,10-13H,6,9,14-15H2,(H,28,29). The number of halogens is 1. The van der Waals surface area contributed by atoms with Crippen molar-refractivity contribution in [2.45, 2.75) is 12.8 Å². The Kier molecular flexibility index (Phi) is 6.66. The van der Waals surface area contributed by atoms with E-state index >= 15 is 0 Å². The van der Waals surface area contributed by atoms with Gasteiger partial charge in [-0.05, 0) is 30.5 Å². The minimum absolute atomic E-state index is 0.0276. The fourth-order valence-electron chi connectivity index (χ4n) is 3.73. The van der Waals surface area contributed by atoms with Crippen LogP contribution in [0.15, 0.2) is 66.7 Å². The number of hydrogen-bond donors (Lipinski definition) is 1. The summed E-state index contributed by atoms with van der Waals surface area (Å²) in [6.45, 7) is -0.0335. The maximum absolute atomic E-state index is 12.9. The van der Waals surface area contributed by atoms with E-state index in [1.165, 1.54) is 17.7 Å². The third kappa shape index (κ3) is 4.71. The first-order valence-corrected chi connectivity index (χ1v) is 10.8. The SMILES string of the molecule is O=C(COC(=O)c1ccc2c(c1Cl)C(=O)c1ccccc1C2=O)NCCCc1ccccc1. The fraction of sp³-hybridized carbons (Fsp3) is 0.154. The number of aryl methyl sites for hydroxylation is 1. The minimum Gasteiger partial charge on any atom is -0.452 e. The average Bonchev–Trinajstić information content (AvgIpc) is 2.84. The number of fused-ring (bicyclic) bond motifs is 2. The summed E-state index contributed by atoms with van der Waals surface area (Å²) < 4.78 is 5.08. The maximum atomic E-state index is 12.9. The number of nitrogens with one attached hydrogen (secondary N) is 1. The van der Waals surface area contributed by atoms with Gasteiger partial charge in [-0.2, -0.15) is 0 Å². The van der Waals surface area contributed by atoms with Crippen LogP contribution < -0.4 is 5.32 Å². The molecule has 6 nitrogen and oxygen atoms in total. The second kappa shape index (κ2) is 9.79. The molecule has 3 aromatic rings. The Labute approximate surface area is 195 Å². The van der Waals surface area contributed by atoms with Gasteiger partial charge in [-0.25, -0.2) is 4.79 Å². The molecule has 166 valence electrons. The number of ether oxygens (including phenoxy) is 1. The molecule has 4 rings (SSSR count). The molecule has 0 radical (unpaired) electrons. The van der Waals surface area contributed by atoms with Crippen molar-refractivity contribution in [3.05, 3.63) is 105 Å². The third-order valence-electron chi connectivity index (χ3n) is 5.39. The molecule has 0 heterocycles. The van der Waals surface area contributed by atoms with Crippen LogP contribution in [0.3, 0.4) is 0 Å². The fourth-order valence-corrected chi connectivity index (χ4v) is 4.06. The molecule has 0 aliphatic heterocycles. The van der Waals surface area contributed by atoms with E-state index < -0.39 is 24.3 Å². The molecule has 0 unspecified atom stereocenters. The van der Waals surface area contributed by atoms with Gasteiger partial charge in [0, 0.05) is 23.2 Å². The zero-order valence-electron chi connectivity index (χ0n) is 17.6. The molecule has 3 aromatic carbocycles. The van der Waals surface area contributed by atoms with Gasteiger partial charge in [-0.3, -0.25) is 14.4 Å². The van der Waals surface area contributed by atoms with E-state index in [9.17, 15) is 19.2 Å². The van der Waals surface area contributed by atoms with Crippen LogP contribution >= 0.6 is 11.6 Å². The van der Waals surface area contributed by atoms with Gasteiger partial charge in [-0.1, -0.05) is 66.2 Å². The largest absolute Gasteiger partial charge is 0.452 e. The maximum Gasteiger partial charge on any atom is 0.340 e. The molecule has 0 saturated carbocycles. The van der Waals surface area contributed by atoms with Crippen molar-refractivity contribution in [1.82, 2.24) is 5.32 Å². The van der Waals surface area contributed by atoms with Crippen LogP contribution in [0.4, 0.5) is 0 Å². The van der Waals surface area contributed by atoms with Crippen molar-refractivity contribution in [1.29, 1.82) is 0 Å². The monoisotopic (exact) mass is 461 g/mol. The summed E-state index contributed by atoms with van der Waals surface area (Å²) in [5, 5.41) is 2.54. The highest BCUT2D eigenvalue weighted by molar-refractivity contribution is 6.41. The highest BCUT2D eigenvalue weighted by Gasteiger charge is 2.33. The molecular weight excluding hydrogens is 442 g/mol. The van der Waals surface area contributed by atoms with Gasteiger partial charge >= 0.3 is 5.97 Å². The molecule has 0 aromatic heterocycles. The second-order valence-electron chi connectivity index (χ2n) is 7.57. The number of esters is 1. The van der Waals surface area contributed by atoms with Crippen LogP contribution in [0.1, 0.15) is 54.2 Å². The van der Waals surface area contributed by atoms with E-state index in [2.05, 4.69) is 5.32 Å². The van der Waals surface area contributed by atoms with Crippen LogP contribution in [0, 0.1) is 0 Å². The number of hydrogen-bond acceptors (Lipinski definition) is 5. The van der Waals surface area contributed by atoms with Gasteiger partial charge in [0.1, 0.15) is 0 Å². The van der Waals surface area contributed by atoms with Gasteiger partial charge < -0.3 is 10.1 Å². The van der Waals surface area contributed by atoms with Crippen LogP contribution in [0.2, 0.25) is 5.02 Å². The number of carbonyl (C=O) groups is 4. The summed E-state index contributed by atoms with van der Waals surface area (Å²) in [7, 11) is 0. The van der Waals surface area contributed by atoms with E-state index in [0.29, 0.717) is 12.1 Å². The zero-order chi connectivity index (χ0) is 23.4. The first-order chi connectivity index (χ1) is 16.0. The lowest BCUT2D eigenvalue weighted by Crippen LogP contribution is -2.30. The summed E-state index contributed by atoms with van der Waals surface area (Å²) in [4.78, 5) is 50.2. The van der Waals surface area contributed by atoms with Gasteiger partial charge in [-0.15, -0.1) is 0 Å². The molecule has 0 atom stereocenters. The third-order valence-corrected chi connectivity index (χ3v) is 5.78. The molecule has 1 aliphatic rings. The molecule has 0 spiro atoms. The predicted octanol–water partition coefficient (Wildman–Crippen LogP) is 4.02. The van der Waals surface area contributed by atoms with E-state index in [4.69, 9.17) is 16.3 Å². The minimum atomic E-state index is -0.846. The number of benzene rings is 3. The van der Waals surface area contributed by atoms with Crippen LogP contribution in [0.5, 0.6) is 0 Å². The van der Waals surface area contributed by atoms with Gasteiger partial charge in [0.2, 0.25) is 0 Å². The van der Waals surface area contributed by atoms with Crippen LogP contribution in [-0.4, -0.2) is 36.6 Å². The van der Waals surface area contributed by atoms with E-state index in [-0.39, 0.29) is 33.1 Å². The van der Waals surface area contributed by atoms with Gasteiger partial charge in [0.05, 0.1) is 16.1 Å². The predicted molar refractivity (Wildman–Crippen MR) is 123 cm³/mol. The van der Waals surface area contributed by atoms with E-state index in [1.807, 2.05) is 30.3 Å². The molecular formula is C26H20ClNO5. The Bertz CT molecular complexity index is 1250. The summed E-state index contributed by atoms with van der Waals surface area (Å²) in [6, 6.07) is 19.1. The number of amides is 1. The highest BCUT2D eigenvalue weighted by Crippen LogP contribution is 2.34. The lowest BCUT2D eigenvalue weighted by molar-refractivity contribution is -0.124. The lowest BCUT2D eigenvalue weighted by Gasteiger charge is -2.19. The van der Waals surface area contributed by atoms with E-state index in [0.717, 1.165) is 12.8 Å². The summed E-state index contributed by atoms with van der Waals surface area (Å²) in [5.74, 6) is -2.06. The number of carbonyl (C=O) groups excluding carboxylic acids is 4. The van der Waals surface area contributed by atoms with Crippen molar-refractivity contribution in [2.75, 3.05) is 13.2 Å². The zero-order valence-corrected chi connectivity index (χ0v) is 18.4. The van der Waals surface area contributed by atoms with Crippen molar-refractivity contribution in [3.63, 3.8) is 0 Å². The molecule has 1 aliphatic carbocycles. The van der Waals surface area contributed by atoms with Gasteiger partial charge in [0.15, 0.2) is 18.2 Å². The molecule has 1 amide bonds. The number of ketones is 2. The molecule has 0 bridgehead atoms. The topological polar surface area (TPSA) is 89.5 Å². The lowest BCUT2D eigenvalue weighted by atomic mass is 9.83. The Morgan fingerprint density at radius 2 is 1.48 bits per heavy atom. The normalized spacial score (nSPS) is 12.0. The quantitative estimate of drug-likeness (QED) is 0.331. The Morgan fingerprint density at radius 1 is 0.818 bits per heavy atom. The average molecular weight is 462 g/mol. The van der Waals surface area contributed by atoms with Crippen molar-refractivity contribution < 1.29 is 23.9 Å². The van der Waals surface area contributed by atoms with E-state index in [1.54, 1.807) is 24.3 Å². The summed E-state index contributed by atoms with van der Waals surface area (Å²) >= 11 is 6.35. The van der Waals surface area contributed by atoms with Crippen molar-refractivity contribution in [3.8, 4) is 0 Å².